The van der Waals surface area contributed by atoms with Crippen molar-refractivity contribution in [3.05, 3.63) is 28.7 Å². The van der Waals surface area contributed by atoms with Gasteiger partial charge in [0, 0.05) is 16.7 Å². The van der Waals surface area contributed by atoms with Gasteiger partial charge in [0.15, 0.2) is 0 Å². The van der Waals surface area contributed by atoms with Crippen molar-refractivity contribution in [1.29, 1.82) is 0 Å². The van der Waals surface area contributed by atoms with Gasteiger partial charge in [-0.05, 0) is 25.1 Å². The van der Waals surface area contributed by atoms with Gasteiger partial charge in [-0.25, -0.2) is 0 Å². The number of halogens is 4. The van der Waals surface area contributed by atoms with Gasteiger partial charge in [-0.3, -0.25) is 4.90 Å². The van der Waals surface area contributed by atoms with Crippen LogP contribution >= 0.6 is 15.9 Å². The van der Waals surface area contributed by atoms with E-state index in [1.54, 1.807) is 12.1 Å². The second kappa shape index (κ2) is 4.21. The lowest BCUT2D eigenvalue weighted by atomic mass is 10.3. The summed E-state index contributed by atoms with van der Waals surface area (Å²) in [6.07, 6.45) is -4.32. The number of benzene rings is 1. The third kappa shape index (κ3) is 2.64. The van der Waals surface area contributed by atoms with Gasteiger partial charge in [-0.15, -0.1) is 0 Å². The molecule has 0 radical (unpaired) electrons. The Morgan fingerprint density at radius 2 is 2.00 bits per heavy atom. The molecule has 1 rings (SSSR count). The maximum atomic E-state index is 12.4. The van der Waals surface area contributed by atoms with Crippen molar-refractivity contribution < 1.29 is 13.2 Å². The topological polar surface area (TPSA) is 3.24 Å². The molecule has 0 aliphatic rings. The highest BCUT2D eigenvalue weighted by Crippen LogP contribution is 2.29. The van der Waals surface area contributed by atoms with Gasteiger partial charge >= 0.3 is 6.30 Å². The molecule has 0 N–H and O–H groups in total. The zero-order chi connectivity index (χ0) is 10.8. The van der Waals surface area contributed by atoms with E-state index in [2.05, 4.69) is 15.9 Å². The summed E-state index contributed by atoms with van der Waals surface area (Å²) in [5, 5.41) is 0. The van der Waals surface area contributed by atoms with Crippen LogP contribution in [-0.4, -0.2) is 12.8 Å². The van der Waals surface area contributed by atoms with Crippen LogP contribution in [0.5, 0.6) is 0 Å². The van der Waals surface area contributed by atoms with Crippen molar-refractivity contribution in [2.24, 2.45) is 0 Å². The minimum atomic E-state index is -4.32. The van der Waals surface area contributed by atoms with E-state index in [0.29, 0.717) is 9.37 Å². The number of nitrogens with zero attached hydrogens (tertiary/aromatic N) is 1. The Hall–Kier alpha value is -0.710. The summed E-state index contributed by atoms with van der Waals surface area (Å²) in [5.41, 5.74) is 0.148. The molecule has 0 heterocycles. The Morgan fingerprint density at radius 1 is 1.36 bits per heavy atom. The van der Waals surface area contributed by atoms with Gasteiger partial charge in [0.05, 0.1) is 0 Å². The van der Waals surface area contributed by atoms with E-state index in [-0.39, 0.29) is 12.2 Å². The summed E-state index contributed by atoms with van der Waals surface area (Å²) in [4.78, 5) is 0.387. The monoisotopic (exact) mass is 267 g/mol. The van der Waals surface area contributed by atoms with Crippen molar-refractivity contribution in [3.8, 4) is 0 Å². The zero-order valence-electron chi connectivity index (χ0n) is 7.48. The molecule has 0 amide bonds. The highest BCUT2D eigenvalue weighted by Gasteiger charge is 2.36. The average molecular weight is 268 g/mol. The van der Waals surface area contributed by atoms with E-state index < -0.39 is 6.30 Å². The molecule has 5 heteroatoms. The van der Waals surface area contributed by atoms with Gasteiger partial charge in [-0.2, -0.15) is 13.2 Å². The fourth-order valence-electron chi connectivity index (χ4n) is 1.15. The molecule has 0 atom stereocenters. The van der Waals surface area contributed by atoms with Gasteiger partial charge in [0.1, 0.15) is 0 Å². The Bertz CT molecular complexity index is 311. The quantitative estimate of drug-likeness (QED) is 0.737. The van der Waals surface area contributed by atoms with E-state index in [9.17, 15) is 13.2 Å². The molecule has 0 saturated carbocycles. The van der Waals surface area contributed by atoms with Crippen LogP contribution in [0.3, 0.4) is 0 Å². The van der Waals surface area contributed by atoms with Gasteiger partial charge in [0.25, 0.3) is 0 Å². The largest absolute Gasteiger partial charge is 0.484 e. The van der Waals surface area contributed by atoms with Crippen molar-refractivity contribution in [3.63, 3.8) is 0 Å². The number of anilines is 1. The standard InChI is InChI=1S/C9H9BrF3N/c1-2-14(9(11,12)13)8-5-3-4-7(10)6-8/h3-6H,2H2,1H3. The Morgan fingerprint density at radius 3 is 2.43 bits per heavy atom. The lowest BCUT2D eigenvalue weighted by molar-refractivity contribution is -0.128. The molecule has 1 aromatic rings. The van der Waals surface area contributed by atoms with E-state index in [4.69, 9.17) is 0 Å². The molecule has 0 aliphatic carbocycles. The summed E-state index contributed by atoms with van der Waals surface area (Å²) in [6.45, 7) is 1.37. The zero-order valence-corrected chi connectivity index (χ0v) is 9.06. The molecule has 0 spiro atoms. The smallest absolute Gasteiger partial charge is 0.284 e. The summed E-state index contributed by atoms with van der Waals surface area (Å²) < 4.78 is 38.0. The predicted octanol–water partition coefficient (Wildman–Crippen LogP) is 3.80. The minimum Gasteiger partial charge on any atom is -0.284 e. The third-order valence-electron chi connectivity index (χ3n) is 1.74. The predicted molar refractivity (Wildman–Crippen MR) is 53.2 cm³/mol. The molecule has 0 saturated heterocycles. The van der Waals surface area contributed by atoms with E-state index in [1.807, 2.05) is 0 Å². The molecule has 0 bridgehead atoms. The summed E-state index contributed by atoms with van der Waals surface area (Å²) in [7, 11) is 0. The van der Waals surface area contributed by atoms with Crippen molar-refractivity contribution >= 4 is 21.6 Å². The average Bonchev–Trinajstić information content (AvgIpc) is 2.02. The van der Waals surface area contributed by atoms with Crippen LogP contribution in [-0.2, 0) is 0 Å². The van der Waals surface area contributed by atoms with Crippen LogP contribution in [0.1, 0.15) is 6.92 Å². The van der Waals surface area contributed by atoms with Gasteiger partial charge in [-0.1, -0.05) is 22.0 Å². The molecular weight excluding hydrogens is 259 g/mol. The molecule has 0 unspecified atom stereocenters. The summed E-state index contributed by atoms with van der Waals surface area (Å²) >= 11 is 3.13. The van der Waals surface area contributed by atoms with Gasteiger partial charge in [0.2, 0.25) is 0 Å². The number of hydrogen-bond donors (Lipinski definition) is 0. The fourth-order valence-corrected chi connectivity index (χ4v) is 1.54. The lowest BCUT2D eigenvalue weighted by Crippen LogP contribution is -2.37. The maximum Gasteiger partial charge on any atom is 0.484 e. The first-order chi connectivity index (χ1) is 6.45. The Labute approximate surface area is 88.7 Å². The highest BCUT2D eigenvalue weighted by atomic mass is 79.9. The van der Waals surface area contributed by atoms with Crippen LogP contribution in [0.25, 0.3) is 0 Å². The van der Waals surface area contributed by atoms with Crippen LogP contribution < -0.4 is 4.90 Å². The van der Waals surface area contributed by atoms with Crippen LogP contribution in [0.15, 0.2) is 28.7 Å². The van der Waals surface area contributed by atoms with E-state index >= 15 is 0 Å². The molecule has 1 nitrogen and oxygen atoms in total. The second-order valence-corrected chi connectivity index (χ2v) is 3.61. The second-order valence-electron chi connectivity index (χ2n) is 2.69. The highest BCUT2D eigenvalue weighted by molar-refractivity contribution is 9.10. The summed E-state index contributed by atoms with van der Waals surface area (Å²) in [5.74, 6) is 0. The number of hydrogen-bond acceptors (Lipinski definition) is 1. The molecule has 0 fully saturated rings. The number of rotatable bonds is 2. The van der Waals surface area contributed by atoms with Crippen LogP contribution in [0.2, 0.25) is 0 Å². The van der Waals surface area contributed by atoms with Crippen molar-refractivity contribution in [2.45, 2.75) is 13.2 Å². The first-order valence-electron chi connectivity index (χ1n) is 4.05. The van der Waals surface area contributed by atoms with E-state index in [0.717, 1.165) is 0 Å². The molecule has 0 aromatic heterocycles. The summed E-state index contributed by atoms with van der Waals surface area (Å²) in [6, 6.07) is 6.14. The first kappa shape index (κ1) is 11.4. The SMILES string of the molecule is CCN(c1cccc(Br)c1)C(F)(F)F. The van der Waals surface area contributed by atoms with Gasteiger partial charge < -0.3 is 0 Å². The third-order valence-corrected chi connectivity index (χ3v) is 2.24. The van der Waals surface area contributed by atoms with Crippen molar-refractivity contribution in [1.82, 2.24) is 0 Å². The molecule has 0 aliphatic heterocycles. The maximum absolute atomic E-state index is 12.4. The normalized spacial score (nSPS) is 11.5. The minimum absolute atomic E-state index is 0.0973. The fraction of sp³-hybridized carbons (Fsp3) is 0.333. The molecule has 1 aromatic carbocycles. The lowest BCUT2D eigenvalue weighted by Gasteiger charge is -2.25. The number of alkyl halides is 3. The van der Waals surface area contributed by atoms with Crippen molar-refractivity contribution in [2.75, 3.05) is 11.4 Å². The molecular formula is C9H9BrF3N. The molecule has 78 valence electrons. The Balaban J connectivity index is 3.01. The van der Waals surface area contributed by atoms with E-state index in [1.165, 1.54) is 19.1 Å². The first-order valence-corrected chi connectivity index (χ1v) is 4.84. The Kier molecular flexibility index (Phi) is 3.42. The van der Waals surface area contributed by atoms with Crippen LogP contribution in [0.4, 0.5) is 18.9 Å². The molecule has 14 heavy (non-hydrogen) atoms. The van der Waals surface area contributed by atoms with Crippen LogP contribution in [0, 0.1) is 0 Å².